The summed E-state index contributed by atoms with van der Waals surface area (Å²) in [5.74, 6) is 0.503. The molecule has 1 aromatic heterocycles. The predicted molar refractivity (Wildman–Crippen MR) is 142 cm³/mol. The fraction of sp³-hybridized carbons (Fsp3) is 0.357. The minimum absolute atomic E-state index is 0.0404. The van der Waals surface area contributed by atoms with Crippen LogP contribution >= 0.6 is 0 Å². The average molecular weight is 505 g/mol. The predicted octanol–water partition coefficient (Wildman–Crippen LogP) is 3.78. The zero-order chi connectivity index (χ0) is 25.6. The molecule has 2 N–H and O–H groups in total. The molecule has 0 radical (unpaired) electrons. The molecule has 9 nitrogen and oxygen atoms in total. The van der Waals surface area contributed by atoms with Crippen molar-refractivity contribution in [3.05, 3.63) is 72.2 Å². The van der Waals surface area contributed by atoms with Gasteiger partial charge in [0.1, 0.15) is 5.75 Å². The second kappa shape index (κ2) is 11.4. The fourth-order valence-corrected chi connectivity index (χ4v) is 4.86. The number of carbonyl (C=O) groups excluding carboxylic acids is 2. The number of furan rings is 1. The molecule has 3 heterocycles. The van der Waals surface area contributed by atoms with Crippen LogP contribution in [-0.4, -0.2) is 64.4 Å². The summed E-state index contributed by atoms with van der Waals surface area (Å²) in [6, 6.07) is 16.7. The quantitative estimate of drug-likeness (QED) is 0.482. The number of hydrogen-bond donors (Lipinski definition) is 2. The van der Waals surface area contributed by atoms with Crippen molar-refractivity contribution in [1.29, 1.82) is 0 Å². The molecule has 1 atom stereocenters. The van der Waals surface area contributed by atoms with Gasteiger partial charge >= 0.3 is 0 Å². The van der Waals surface area contributed by atoms with E-state index >= 15 is 0 Å². The highest BCUT2D eigenvalue weighted by atomic mass is 16.5. The van der Waals surface area contributed by atoms with Gasteiger partial charge in [-0.2, -0.15) is 0 Å². The Balaban J connectivity index is 1.33. The zero-order valence-electron chi connectivity index (χ0n) is 20.9. The SMILES string of the molecule is COc1ccccc1N1CCN(c2ccc(NC(=O)c3ccco3)cc2C(=O)NCC2CCCO2)CC1. The van der Waals surface area contributed by atoms with Crippen LogP contribution in [0.2, 0.25) is 0 Å². The molecule has 0 saturated carbocycles. The van der Waals surface area contributed by atoms with Crippen LogP contribution in [0.5, 0.6) is 5.75 Å². The highest BCUT2D eigenvalue weighted by Crippen LogP contribution is 2.31. The first-order chi connectivity index (χ1) is 18.1. The van der Waals surface area contributed by atoms with Crippen molar-refractivity contribution in [2.24, 2.45) is 0 Å². The van der Waals surface area contributed by atoms with Crippen LogP contribution in [-0.2, 0) is 4.74 Å². The molecule has 2 aliphatic rings. The Labute approximate surface area is 216 Å². The maximum atomic E-state index is 13.3. The Bertz CT molecular complexity index is 1220. The van der Waals surface area contributed by atoms with Gasteiger partial charge in [0.25, 0.3) is 11.8 Å². The van der Waals surface area contributed by atoms with Crippen LogP contribution in [0.4, 0.5) is 17.1 Å². The Morgan fingerprint density at radius 3 is 2.46 bits per heavy atom. The van der Waals surface area contributed by atoms with Crippen LogP contribution in [0.3, 0.4) is 0 Å². The lowest BCUT2D eigenvalue weighted by Crippen LogP contribution is -2.47. The fourth-order valence-electron chi connectivity index (χ4n) is 4.86. The Hall–Kier alpha value is -3.98. The van der Waals surface area contributed by atoms with E-state index in [1.54, 1.807) is 25.3 Å². The maximum absolute atomic E-state index is 13.3. The molecule has 2 amide bonds. The standard InChI is InChI=1S/C28H32N4O5/c1-35-25-8-3-2-7-24(25)32-14-12-31(13-15-32)23-11-10-20(30-28(34)26-9-5-17-37-26)18-22(23)27(33)29-19-21-6-4-16-36-21/h2-3,5,7-11,17-18,21H,4,6,12-16,19H2,1H3,(H,29,33)(H,30,34). The number of carbonyl (C=O) groups is 2. The van der Waals surface area contributed by atoms with Gasteiger partial charge < -0.3 is 34.3 Å². The molecular weight excluding hydrogens is 472 g/mol. The minimum atomic E-state index is -0.367. The van der Waals surface area contributed by atoms with Crippen LogP contribution in [0.15, 0.2) is 65.3 Å². The van der Waals surface area contributed by atoms with Gasteiger partial charge in [0, 0.05) is 50.7 Å². The summed E-state index contributed by atoms with van der Waals surface area (Å²) in [5, 5.41) is 5.86. The molecule has 194 valence electrons. The van der Waals surface area contributed by atoms with E-state index < -0.39 is 0 Å². The number of methoxy groups -OCH3 is 1. The summed E-state index contributed by atoms with van der Waals surface area (Å²) in [6.07, 6.45) is 3.44. The first-order valence-corrected chi connectivity index (χ1v) is 12.6. The van der Waals surface area contributed by atoms with Gasteiger partial charge in [-0.15, -0.1) is 0 Å². The van der Waals surface area contributed by atoms with E-state index in [4.69, 9.17) is 13.9 Å². The van der Waals surface area contributed by atoms with Crippen molar-refractivity contribution in [3.8, 4) is 5.75 Å². The number of rotatable bonds is 8. The molecular formula is C28H32N4O5. The summed E-state index contributed by atoms with van der Waals surface area (Å²) in [5.41, 5.74) is 2.94. The van der Waals surface area contributed by atoms with E-state index in [1.807, 2.05) is 30.3 Å². The number of amides is 2. The van der Waals surface area contributed by atoms with Crippen LogP contribution in [0.25, 0.3) is 0 Å². The summed E-state index contributed by atoms with van der Waals surface area (Å²) < 4.78 is 16.4. The minimum Gasteiger partial charge on any atom is -0.495 e. The molecule has 9 heteroatoms. The molecule has 5 rings (SSSR count). The number of nitrogens with zero attached hydrogens (tertiary/aromatic N) is 2. The Kier molecular flexibility index (Phi) is 7.60. The number of ether oxygens (including phenoxy) is 2. The normalized spacial score (nSPS) is 17.5. The van der Waals surface area contributed by atoms with Gasteiger partial charge in [-0.3, -0.25) is 9.59 Å². The lowest BCUT2D eigenvalue weighted by Gasteiger charge is -2.38. The van der Waals surface area contributed by atoms with E-state index in [0.717, 1.165) is 62.8 Å². The van der Waals surface area contributed by atoms with Gasteiger partial charge in [-0.05, 0) is 55.3 Å². The van der Waals surface area contributed by atoms with Gasteiger partial charge in [0.15, 0.2) is 5.76 Å². The van der Waals surface area contributed by atoms with Gasteiger partial charge in [0.05, 0.1) is 30.7 Å². The van der Waals surface area contributed by atoms with Crippen LogP contribution < -0.4 is 25.2 Å². The molecule has 2 aromatic carbocycles. The van der Waals surface area contributed by atoms with Crippen molar-refractivity contribution in [2.75, 3.05) is 61.6 Å². The molecule has 2 saturated heterocycles. The summed E-state index contributed by atoms with van der Waals surface area (Å²) in [4.78, 5) is 30.4. The number of nitrogens with one attached hydrogen (secondary N) is 2. The second-order valence-electron chi connectivity index (χ2n) is 9.15. The maximum Gasteiger partial charge on any atom is 0.291 e. The van der Waals surface area contributed by atoms with E-state index in [1.165, 1.54) is 6.26 Å². The van der Waals surface area contributed by atoms with Crippen LogP contribution in [0, 0.1) is 0 Å². The van der Waals surface area contributed by atoms with Crippen LogP contribution in [0.1, 0.15) is 33.8 Å². The van der Waals surface area contributed by atoms with Gasteiger partial charge in [0.2, 0.25) is 0 Å². The lowest BCUT2D eigenvalue weighted by atomic mass is 10.1. The molecule has 2 aliphatic heterocycles. The zero-order valence-corrected chi connectivity index (χ0v) is 20.9. The topological polar surface area (TPSA) is 96.3 Å². The number of para-hydroxylation sites is 2. The Morgan fingerprint density at radius 1 is 0.973 bits per heavy atom. The van der Waals surface area contributed by atoms with E-state index in [-0.39, 0.29) is 23.7 Å². The van der Waals surface area contributed by atoms with E-state index in [0.29, 0.717) is 17.8 Å². The monoisotopic (exact) mass is 504 g/mol. The summed E-state index contributed by atoms with van der Waals surface area (Å²) in [7, 11) is 1.68. The highest BCUT2D eigenvalue weighted by molar-refractivity contribution is 6.05. The van der Waals surface area contributed by atoms with Gasteiger partial charge in [-0.1, -0.05) is 12.1 Å². The summed E-state index contributed by atoms with van der Waals surface area (Å²) >= 11 is 0. The van der Waals surface area contributed by atoms with Crippen molar-refractivity contribution >= 4 is 28.9 Å². The number of hydrogen-bond acceptors (Lipinski definition) is 7. The molecule has 3 aromatic rings. The van der Waals surface area contributed by atoms with Gasteiger partial charge in [-0.25, -0.2) is 0 Å². The molecule has 37 heavy (non-hydrogen) atoms. The largest absolute Gasteiger partial charge is 0.495 e. The lowest BCUT2D eigenvalue weighted by molar-refractivity contribution is 0.0858. The van der Waals surface area contributed by atoms with E-state index in [2.05, 4.69) is 26.5 Å². The molecule has 0 spiro atoms. The third-order valence-corrected chi connectivity index (χ3v) is 6.80. The number of benzene rings is 2. The van der Waals surface area contributed by atoms with Crippen molar-refractivity contribution in [1.82, 2.24) is 5.32 Å². The Morgan fingerprint density at radius 2 is 1.76 bits per heavy atom. The smallest absolute Gasteiger partial charge is 0.291 e. The van der Waals surface area contributed by atoms with Crippen molar-refractivity contribution in [3.63, 3.8) is 0 Å². The first kappa shape index (κ1) is 24.7. The average Bonchev–Trinajstić information content (AvgIpc) is 3.67. The molecule has 2 fully saturated rings. The first-order valence-electron chi connectivity index (χ1n) is 12.6. The van der Waals surface area contributed by atoms with Crippen molar-refractivity contribution < 1.29 is 23.5 Å². The third-order valence-electron chi connectivity index (χ3n) is 6.80. The second-order valence-corrected chi connectivity index (χ2v) is 9.15. The third kappa shape index (κ3) is 5.72. The molecule has 1 unspecified atom stereocenters. The van der Waals surface area contributed by atoms with E-state index in [9.17, 15) is 9.59 Å². The molecule has 0 aliphatic carbocycles. The number of piperazine rings is 1. The van der Waals surface area contributed by atoms with Crippen molar-refractivity contribution in [2.45, 2.75) is 18.9 Å². The highest BCUT2D eigenvalue weighted by Gasteiger charge is 2.25. The number of anilines is 3. The molecule has 0 bridgehead atoms. The summed E-state index contributed by atoms with van der Waals surface area (Å²) in [6.45, 7) is 4.24.